The van der Waals surface area contributed by atoms with Crippen LogP contribution in [0.4, 0.5) is 0 Å². The van der Waals surface area contributed by atoms with Gasteiger partial charge in [-0.05, 0) is 0 Å². The van der Waals surface area contributed by atoms with Crippen LogP contribution in [-0.4, -0.2) is 19.0 Å². The summed E-state index contributed by atoms with van der Waals surface area (Å²) in [6.07, 6.45) is 0. The third kappa shape index (κ3) is 2.51. The normalized spacial score (nSPS) is 14.7. The summed E-state index contributed by atoms with van der Waals surface area (Å²) in [5.41, 5.74) is 0. The van der Waals surface area contributed by atoms with E-state index in [9.17, 15) is 8.76 Å². The molecule has 1 heterocycles. The quantitative estimate of drug-likeness (QED) is 0.572. The first kappa shape index (κ1) is 10.6. The highest BCUT2D eigenvalue weighted by atomic mass is 35.6. The van der Waals surface area contributed by atoms with Crippen molar-refractivity contribution < 1.29 is 8.76 Å². The first-order valence-corrected chi connectivity index (χ1v) is 5.44. The zero-order valence-corrected chi connectivity index (χ0v) is 9.06. The molecule has 0 saturated carbocycles. The summed E-state index contributed by atoms with van der Waals surface area (Å²) in [5.74, 6) is 0. The Morgan fingerprint density at radius 2 is 2.00 bits per heavy atom. The second-order valence-electron chi connectivity index (χ2n) is 1.61. The van der Waals surface area contributed by atoms with Crippen molar-refractivity contribution in [3.8, 4) is 0 Å². The molecule has 0 aliphatic carbocycles. The van der Waals surface area contributed by atoms with Gasteiger partial charge < -0.3 is 4.55 Å². The standard InChI is InChI=1S/C3HCl3N2O2S2/c4-3(5,6)1-7-8-2(11-1)12(9)10/h(H,9,10)/p-1. The molecule has 68 valence electrons. The van der Waals surface area contributed by atoms with E-state index in [0.717, 1.165) is 11.3 Å². The predicted molar refractivity (Wildman–Crippen MR) is 46.3 cm³/mol. The van der Waals surface area contributed by atoms with Gasteiger partial charge in [-0.3, -0.25) is 4.21 Å². The number of alkyl halides is 3. The summed E-state index contributed by atoms with van der Waals surface area (Å²) >= 11 is 14.5. The van der Waals surface area contributed by atoms with E-state index in [-0.39, 0.29) is 9.35 Å². The molecular formula is C3Cl3N2O2S2-. The molecule has 0 aliphatic heterocycles. The molecule has 1 unspecified atom stereocenters. The molecule has 0 amide bonds. The minimum Gasteiger partial charge on any atom is -0.767 e. The molecule has 12 heavy (non-hydrogen) atoms. The van der Waals surface area contributed by atoms with Crippen molar-refractivity contribution in [2.45, 2.75) is 8.13 Å². The van der Waals surface area contributed by atoms with Gasteiger partial charge in [0.05, 0.1) is 0 Å². The zero-order valence-electron chi connectivity index (χ0n) is 5.16. The van der Waals surface area contributed by atoms with E-state index < -0.39 is 14.9 Å². The van der Waals surface area contributed by atoms with Crippen LogP contribution in [0.3, 0.4) is 0 Å². The Bertz CT molecular complexity index is 309. The maximum atomic E-state index is 10.3. The van der Waals surface area contributed by atoms with Crippen LogP contribution >= 0.6 is 46.1 Å². The number of halogens is 3. The van der Waals surface area contributed by atoms with Gasteiger partial charge in [0, 0.05) is 11.1 Å². The van der Waals surface area contributed by atoms with Gasteiger partial charge in [-0.15, -0.1) is 10.2 Å². The highest BCUT2D eigenvalue weighted by Gasteiger charge is 2.28. The van der Waals surface area contributed by atoms with Crippen LogP contribution in [0.25, 0.3) is 0 Å². The van der Waals surface area contributed by atoms with E-state index >= 15 is 0 Å². The minimum absolute atomic E-state index is 0.0340. The molecule has 1 aromatic rings. The van der Waals surface area contributed by atoms with Crippen molar-refractivity contribution in [3.63, 3.8) is 0 Å². The molecule has 9 heteroatoms. The zero-order chi connectivity index (χ0) is 9.35. The third-order valence-electron chi connectivity index (χ3n) is 0.792. The van der Waals surface area contributed by atoms with Crippen molar-refractivity contribution >= 4 is 57.2 Å². The molecule has 0 radical (unpaired) electrons. The molecule has 0 aromatic carbocycles. The predicted octanol–water partition coefficient (Wildman–Crippen LogP) is 1.60. The second kappa shape index (κ2) is 3.73. The maximum absolute atomic E-state index is 10.3. The smallest absolute Gasteiger partial charge is 0.243 e. The Hall–Kier alpha value is 0.540. The lowest BCUT2D eigenvalue weighted by molar-refractivity contribution is 0.535. The number of nitrogens with zero attached hydrogens (tertiary/aromatic N) is 2. The molecule has 0 saturated heterocycles. The average molecular weight is 267 g/mol. The average Bonchev–Trinajstić information content (AvgIpc) is 2.30. The SMILES string of the molecule is O=S([O-])c1nnc(C(Cl)(Cl)Cl)s1. The van der Waals surface area contributed by atoms with Gasteiger partial charge >= 0.3 is 0 Å². The van der Waals surface area contributed by atoms with Crippen molar-refractivity contribution in [2.75, 3.05) is 0 Å². The Labute approximate surface area is 89.1 Å². The largest absolute Gasteiger partial charge is 0.767 e. The summed E-state index contributed by atoms with van der Waals surface area (Å²) in [6.45, 7) is 0. The number of rotatable bonds is 1. The highest BCUT2D eigenvalue weighted by Crippen LogP contribution is 2.39. The van der Waals surface area contributed by atoms with Gasteiger partial charge in [0.1, 0.15) is 0 Å². The minimum atomic E-state index is -2.42. The molecule has 0 spiro atoms. The molecule has 0 N–H and O–H groups in total. The monoisotopic (exact) mass is 265 g/mol. The van der Waals surface area contributed by atoms with E-state index in [1.165, 1.54) is 0 Å². The van der Waals surface area contributed by atoms with Crippen molar-refractivity contribution in [2.24, 2.45) is 0 Å². The van der Waals surface area contributed by atoms with Gasteiger partial charge in [-0.2, -0.15) is 0 Å². The van der Waals surface area contributed by atoms with Gasteiger partial charge in [-0.1, -0.05) is 46.1 Å². The highest BCUT2D eigenvalue weighted by molar-refractivity contribution is 7.81. The lowest BCUT2D eigenvalue weighted by Crippen LogP contribution is -1.98. The van der Waals surface area contributed by atoms with Gasteiger partial charge in [-0.25, -0.2) is 0 Å². The summed E-state index contributed by atoms with van der Waals surface area (Å²) in [6, 6.07) is 0. The molecule has 1 rings (SSSR count). The Balaban J connectivity index is 3.00. The number of hydrogen-bond acceptors (Lipinski definition) is 5. The number of aromatic nitrogens is 2. The fraction of sp³-hybridized carbons (Fsp3) is 0.333. The first-order chi connectivity index (χ1) is 5.41. The maximum Gasteiger partial charge on any atom is 0.243 e. The molecule has 1 aromatic heterocycles. The van der Waals surface area contributed by atoms with E-state index in [1.807, 2.05) is 0 Å². The van der Waals surface area contributed by atoms with E-state index in [0.29, 0.717) is 0 Å². The molecule has 0 fully saturated rings. The van der Waals surface area contributed by atoms with Crippen LogP contribution in [0.1, 0.15) is 5.01 Å². The van der Waals surface area contributed by atoms with Crippen LogP contribution in [0.15, 0.2) is 4.34 Å². The molecular weight excluding hydrogens is 267 g/mol. The van der Waals surface area contributed by atoms with Crippen LogP contribution in [-0.2, 0) is 14.9 Å². The number of hydrogen-bond donors (Lipinski definition) is 0. The third-order valence-corrected chi connectivity index (χ3v) is 3.53. The summed E-state index contributed by atoms with van der Waals surface area (Å²) < 4.78 is 18.7. The fourth-order valence-corrected chi connectivity index (χ4v) is 1.91. The van der Waals surface area contributed by atoms with Gasteiger partial charge in [0.15, 0.2) is 9.35 Å². The summed E-state index contributed by atoms with van der Waals surface area (Å²) in [7, 11) is 0. The molecule has 1 atom stereocenters. The Kier molecular flexibility index (Phi) is 3.30. The van der Waals surface area contributed by atoms with Crippen LogP contribution in [0, 0.1) is 0 Å². The molecule has 0 bridgehead atoms. The lowest BCUT2D eigenvalue weighted by Gasteiger charge is -2.03. The fourth-order valence-electron chi connectivity index (χ4n) is 0.392. The van der Waals surface area contributed by atoms with Crippen molar-refractivity contribution in [1.29, 1.82) is 0 Å². The summed E-state index contributed by atoms with van der Waals surface area (Å²) in [4.78, 5) is 0. The van der Waals surface area contributed by atoms with Crippen molar-refractivity contribution in [1.82, 2.24) is 10.2 Å². The summed E-state index contributed by atoms with van der Waals surface area (Å²) in [5, 5.41) is 6.71. The van der Waals surface area contributed by atoms with E-state index in [4.69, 9.17) is 34.8 Å². The Morgan fingerprint density at radius 3 is 2.25 bits per heavy atom. The van der Waals surface area contributed by atoms with Crippen LogP contribution < -0.4 is 0 Å². The van der Waals surface area contributed by atoms with E-state index in [1.54, 1.807) is 0 Å². The van der Waals surface area contributed by atoms with Gasteiger partial charge in [0.25, 0.3) is 0 Å². The first-order valence-electron chi connectivity index (χ1n) is 2.41. The Morgan fingerprint density at radius 1 is 1.42 bits per heavy atom. The van der Waals surface area contributed by atoms with Crippen LogP contribution in [0.5, 0.6) is 0 Å². The topological polar surface area (TPSA) is 65.9 Å². The van der Waals surface area contributed by atoms with Crippen LogP contribution in [0.2, 0.25) is 0 Å². The van der Waals surface area contributed by atoms with E-state index in [2.05, 4.69) is 10.2 Å². The lowest BCUT2D eigenvalue weighted by atomic mass is 10.8. The molecule has 4 nitrogen and oxygen atoms in total. The van der Waals surface area contributed by atoms with Crippen molar-refractivity contribution in [3.05, 3.63) is 5.01 Å². The molecule has 0 aliphatic rings. The second-order valence-corrected chi connectivity index (χ2v) is 5.98. The van der Waals surface area contributed by atoms with Gasteiger partial charge in [0.2, 0.25) is 3.79 Å².